The maximum Gasteiger partial charge on any atom is 0.272 e. The Kier molecular flexibility index (Phi) is 7.27. The van der Waals surface area contributed by atoms with Gasteiger partial charge in [0.25, 0.3) is 10.0 Å². The Hall–Kier alpha value is -2.47. The molecule has 7 nitrogen and oxygen atoms in total. The quantitative estimate of drug-likeness (QED) is 0.438. The standard InChI is InChI=1S/C22H22ClF2N3O4S2/c1-32-16-4-2-14(3-5-16)12-28(22-26-7-9-33-22)34(30,31)21-17(24)10-18(19(23)20(21)25)27-8-6-15(11-27)13-29/h2-5,7,9-10,15,29H,6,8,11-13H2,1H3. The first kappa shape index (κ1) is 24.6. The topological polar surface area (TPSA) is 83.0 Å². The zero-order valence-electron chi connectivity index (χ0n) is 18.1. The summed E-state index contributed by atoms with van der Waals surface area (Å²) in [5.41, 5.74) is 0.623. The van der Waals surface area contributed by atoms with Crippen LogP contribution in [0.4, 0.5) is 19.6 Å². The Morgan fingerprint density at radius 3 is 2.65 bits per heavy atom. The average molecular weight is 530 g/mol. The van der Waals surface area contributed by atoms with Crippen molar-refractivity contribution in [2.75, 3.05) is 36.0 Å². The second-order valence-electron chi connectivity index (χ2n) is 7.79. The summed E-state index contributed by atoms with van der Waals surface area (Å²) < 4.78 is 63.8. The Labute approximate surface area is 205 Å². The molecule has 1 N–H and O–H groups in total. The van der Waals surface area contributed by atoms with Crippen molar-refractivity contribution in [3.8, 4) is 5.75 Å². The fourth-order valence-corrected chi connectivity index (χ4v) is 6.56. The van der Waals surface area contributed by atoms with Crippen LogP contribution < -0.4 is 13.9 Å². The summed E-state index contributed by atoms with van der Waals surface area (Å²) in [5, 5.41) is 10.5. The van der Waals surface area contributed by atoms with E-state index in [2.05, 4.69) is 4.98 Å². The van der Waals surface area contributed by atoms with Crippen LogP contribution in [0.2, 0.25) is 5.02 Å². The van der Waals surface area contributed by atoms with Crippen molar-refractivity contribution in [1.82, 2.24) is 4.98 Å². The zero-order valence-corrected chi connectivity index (χ0v) is 20.5. The molecule has 12 heteroatoms. The van der Waals surface area contributed by atoms with Crippen LogP contribution in [0.3, 0.4) is 0 Å². The molecule has 1 fully saturated rings. The second kappa shape index (κ2) is 10.0. The van der Waals surface area contributed by atoms with Crippen LogP contribution >= 0.6 is 22.9 Å². The highest BCUT2D eigenvalue weighted by atomic mass is 35.5. The Morgan fingerprint density at radius 2 is 2.06 bits per heavy atom. The lowest BCUT2D eigenvalue weighted by Crippen LogP contribution is -2.32. The van der Waals surface area contributed by atoms with Crippen LogP contribution in [0.15, 0.2) is 46.8 Å². The first-order valence-corrected chi connectivity index (χ1v) is 13.0. The molecule has 0 aliphatic carbocycles. The van der Waals surface area contributed by atoms with Crippen LogP contribution in [-0.4, -0.2) is 45.3 Å². The molecule has 1 unspecified atom stereocenters. The van der Waals surface area contributed by atoms with Gasteiger partial charge in [0, 0.05) is 43.3 Å². The van der Waals surface area contributed by atoms with Gasteiger partial charge in [0.05, 0.1) is 19.3 Å². The van der Waals surface area contributed by atoms with Crippen molar-refractivity contribution in [2.45, 2.75) is 17.9 Å². The minimum absolute atomic E-state index is 0.0458. The third-order valence-corrected chi connectivity index (χ3v) is 8.69. The number of benzene rings is 2. The molecule has 1 atom stereocenters. The number of aliphatic hydroxyl groups is 1. The largest absolute Gasteiger partial charge is 0.497 e. The predicted octanol–water partition coefficient (Wildman–Crippen LogP) is 4.30. The van der Waals surface area contributed by atoms with E-state index in [-0.39, 0.29) is 29.9 Å². The number of aromatic nitrogens is 1. The lowest BCUT2D eigenvalue weighted by molar-refractivity contribution is 0.238. The van der Waals surface area contributed by atoms with E-state index in [0.29, 0.717) is 30.8 Å². The molecule has 1 saturated heterocycles. The van der Waals surface area contributed by atoms with Gasteiger partial charge in [-0.3, -0.25) is 0 Å². The number of methoxy groups -OCH3 is 1. The van der Waals surface area contributed by atoms with Crippen LogP contribution in [0.5, 0.6) is 5.75 Å². The smallest absolute Gasteiger partial charge is 0.272 e. The first-order valence-electron chi connectivity index (χ1n) is 10.3. The normalized spacial score (nSPS) is 16.1. The van der Waals surface area contributed by atoms with Crippen molar-refractivity contribution in [3.63, 3.8) is 0 Å². The number of sulfonamides is 1. The summed E-state index contributed by atoms with van der Waals surface area (Å²) in [5.74, 6) is -2.08. The van der Waals surface area contributed by atoms with Crippen LogP contribution in [0.25, 0.3) is 0 Å². The average Bonchev–Trinajstić information content (AvgIpc) is 3.52. The first-order chi connectivity index (χ1) is 16.3. The Bertz CT molecular complexity index is 1260. The highest BCUT2D eigenvalue weighted by Gasteiger charge is 2.36. The molecule has 0 bridgehead atoms. The summed E-state index contributed by atoms with van der Waals surface area (Å²) in [6, 6.07) is 7.56. The lowest BCUT2D eigenvalue weighted by atomic mass is 10.1. The molecular formula is C22H22ClF2N3O4S2. The number of hydrogen-bond acceptors (Lipinski definition) is 7. The highest BCUT2D eigenvalue weighted by molar-refractivity contribution is 7.93. The molecule has 182 valence electrons. The number of hydrogen-bond donors (Lipinski definition) is 1. The fraction of sp³-hybridized carbons (Fsp3) is 0.318. The molecule has 1 aliphatic rings. The summed E-state index contributed by atoms with van der Waals surface area (Å²) in [6.45, 7) is 0.546. The lowest BCUT2D eigenvalue weighted by Gasteiger charge is -2.25. The molecule has 1 aliphatic heterocycles. The summed E-state index contributed by atoms with van der Waals surface area (Å²) in [4.78, 5) is 4.55. The van der Waals surface area contributed by atoms with Gasteiger partial charge in [-0.05, 0) is 24.1 Å². The van der Waals surface area contributed by atoms with Gasteiger partial charge in [0.2, 0.25) is 0 Å². The van der Waals surface area contributed by atoms with E-state index < -0.39 is 31.6 Å². The maximum absolute atomic E-state index is 15.4. The van der Waals surface area contributed by atoms with Gasteiger partial charge >= 0.3 is 0 Å². The number of ether oxygens (including phenoxy) is 1. The van der Waals surface area contributed by atoms with Crippen molar-refractivity contribution in [1.29, 1.82) is 0 Å². The number of nitrogens with zero attached hydrogens (tertiary/aromatic N) is 3. The molecule has 34 heavy (non-hydrogen) atoms. The molecule has 3 aromatic rings. The third kappa shape index (κ3) is 4.70. The number of thiazole rings is 1. The molecule has 2 heterocycles. The van der Waals surface area contributed by atoms with Crippen molar-refractivity contribution < 1.29 is 27.0 Å². The molecule has 0 amide bonds. The van der Waals surface area contributed by atoms with Gasteiger partial charge in [-0.2, -0.15) is 0 Å². The summed E-state index contributed by atoms with van der Waals surface area (Å²) >= 11 is 7.24. The highest BCUT2D eigenvalue weighted by Crippen LogP contribution is 2.39. The van der Waals surface area contributed by atoms with Gasteiger partial charge < -0.3 is 14.7 Å². The summed E-state index contributed by atoms with van der Waals surface area (Å²) in [7, 11) is -3.21. The molecule has 0 spiro atoms. The molecule has 0 saturated carbocycles. The second-order valence-corrected chi connectivity index (χ2v) is 10.8. The predicted molar refractivity (Wildman–Crippen MR) is 127 cm³/mol. The summed E-state index contributed by atoms with van der Waals surface area (Å²) in [6.07, 6.45) is 2.04. The number of aliphatic hydroxyl groups excluding tert-OH is 1. The molecular weight excluding hydrogens is 508 g/mol. The molecule has 0 radical (unpaired) electrons. The van der Waals surface area contributed by atoms with E-state index >= 15 is 8.78 Å². The monoisotopic (exact) mass is 529 g/mol. The minimum Gasteiger partial charge on any atom is -0.497 e. The van der Waals surface area contributed by atoms with Gasteiger partial charge in [-0.25, -0.2) is 26.5 Å². The van der Waals surface area contributed by atoms with Gasteiger partial charge in [0.1, 0.15) is 16.6 Å². The van der Waals surface area contributed by atoms with E-state index in [1.807, 2.05) is 0 Å². The number of halogens is 3. The van der Waals surface area contributed by atoms with E-state index in [0.717, 1.165) is 21.7 Å². The van der Waals surface area contributed by atoms with Crippen LogP contribution in [-0.2, 0) is 16.6 Å². The van der Waals surface area contributed by atoms with E-state index in [4.69, 9.17) is 16.3 Å². The Morgan fingerprint density at radius 1 is 1.32 bits per heavy atom. The maximum atomic E-state index is 15.4. The molecule has 1 aromatic heterocycles. The van der Waals surface area contributed by atoms with Crippen LogP contribution in [0, 0.1) is 17.6 Å². The van der Waals surface area contributed by atoms with E-state index in [1.54, 1.807) is 34.5 Å². The van der Waals surface area contributed by atoms with E-state index in [9.17, 15) is 13.5 Å². The third-order valence-electron chi connectivity index (χ3n) is 5.65. The van der Waals surface area contributed by atoms with Gasteiger partial charge in [-0.15, -0.1) is 11.3 Å². The van der Waals surface area contributed by atoms with Crippen molar-refractivity contribution in [3.05, 3.63) is 64.1 Å². The van der Waals surface area contributed by atoms with E-state index in [1.165, 1.54) is 13.3 Å². The fourth-order valence-electron chi connectivity index (χ4n) is 3.83. The number of rotatable bonds is 8. The SMILES string of the molecule is COc1ccc(CN(c2nccs2)S(=O)(=O)c2c(F)cc(N3CCC(CO)C3)c(Cl)c2F)cc1. The zero-order chi connectivity index (χ0) is 24.5. The molecule has 4 rings (SSSR count). The number of anilines is 2. The van der Waals surface area contributed by atoms with Crippen LogP contribution in [0.1, 0.15) is 12.0 Å². The van der Waals surface area contributed by atoms with Crippen molar-refractivity contribution in [2.24, 2.45) is 5.92 Å². The molecule has 2 aromatic carbocycles. The van der Waals surface area contributed by atoms with Crippen molar-refractivity contribution >= 4 is 43.8 Å². The van der Waals surface area contributed by atoms with Gasteiger partial charge in [-0.1, -0.05) is 23.7 Å². The minimum atomic E-state index is -4.72. The van der Waals surface area contributed by atoms with Gasteiger partial charge in [0.15, 0.2) is 15.8 Å². The Balaban J connectivity index is 1.75.